The van der Waals surface area contributed by atoms with Crippen molar-refractivity contribution < 1.29 is 0 Å². The molecule has 0 aromatic heterocycles. The van der Waals surface area contributed by atoms with E-state index in [-0.39, 0.29) is 0 Å². The minimum absolute atomic E-state index is 0.533. The molecule has 1 atom stereocenters. The van der Waals surface area contributed by atoms with Crippen molar-refractivity contribution in [2.24, 2.45) is 5.41 Å². The van der Waals surface area contributed by atoms with Crippen LogP contribution < -0.4 is 0 Å². The van der Waals surface area contributed by atoms with Crippen LogP contribution in [0, 0.1) is 16.7 Å². The Morgan fingerprint density at radius 3 is 2.69 bits per heavy atom. The van der Waals surface area contributed by atoms with Gasteiger partial charge in [0.25, 0.3) is 0 Å². The van der Waals surface area contributed by atoms with Gasteiger partial charge in [-0.15, -0.1) is 0 Å². The van der Waals surface area contributed by atoms with Gasteiger partial charge in [0.1, 0.15) is 0 Å². The second-order valence-electron chi connectivity index (χ2n) is 4.61. The van der Waals surface area contributed by atoms with E-state index >= 15 is 0 Å². The van der Waals surface area contributed by atoms with E-state index in [1.54, 1.807) is 0 Å². The highest BCUT2D eigenvalue weighted by molar-refractivity contribution is 4.97. The van der Waals surface area contributed by atoms with Gasteiger partial charge in [0.15, 0.2) is 0 Å². The molecule has 3 nitrogen and oxygen atoms in total. The average Bonchev–Trinajstić information content (AvgIpc) is 2.62. The van der Waals surface area contributed by atoms with Crippen LogP contribution in [0.25, 0.3) is 0 Å². The molecule has 2 rings (SSSR count). The first kappa shape index (κ1) is 8.98. The highest BCUT2D eigenvalue weighted by Crippen LogP contribution is 2.38. The normalized spacial score (nSPS) is 35.7. The summed E-state index contributed by atoms with van der Waals surface area (Å²) in [6, 6.07) is 2.24. The summed E-state index contributed by atoms with van der Waals surface area (Å²) >= 11 is 0. The quantitative estimate of drug-likeness (QED) is 0.550. The number of nitriles is 1. The van der Waals surface area contributed by atoms with Gasteiger partial charge in [0.05, 0.1) is 12.6 Å². The molecule has 0 aliphatic carbocycles. The van der Waals surface area contributed by atoms with E-state index in [9.17, 15) is 0 Å². The molecule has 3 heteroatoms. The van der Waals surface area contributed by atoms with Crippen molar-refractivity contribution in [3.63, 3.8) is 0 Å². The molecular formula is C10H17N3. The Labute approximate surface area is 79.9 Å². The third-order valence-corrected chi connectivity index (χ3v) is 3.44. The Bertz CT molecular complexity index is 233. The fourth-order valence-electron chi connectivity index (χ4n) is 2.75. The molecule has 0 bridgehead atoms. The molecule has 13 heavy (non-hydrogen) atoms. The molecule has 2 fully saturated rings. The van der Waals surface area contributed by atoms with Crippen LogP contribution in [0.3, 0.4) is 0 Å². The number of hydrogen-bond donors (Lipinski definition) is 0. The van der Waals surface area contributed by atoms with Crippen molar-refractivity contribution in [1.29, 1.82) is 5.26 Å². The van der Waals surface area contributed by atoms with Gasteiger partial charge < -0.3 is 4.90 Å². The van der Waals surface area contributed by atoms with E-state index < -0.39 is 0 Å². The van der Waals surface area contributed by atoms with Crippen LogP contribution in [0.2, 0.25) is 0 Å². The summed E-state index contributed by atoms with van der Waals surface area (Å²) in [7, 11) is 2.20. The summed E-state index contributed by atoms with van der Waals surface area (Å²) in [6.07, 6.45) is 2.62. The van der Waals surface area contributed by atoms with Crippen molar-refractivity contribution in [3.05, 3.63) is 0 Å². The zero-order chi connectivity index (χ0) is 9.31. The molecule has 0 aromatic carbocycles. The lowest BCUT2D eigenvalue weighted by Gasteiger charge is -2.22. The van der Waals surface area contributed by atoms with E-state index in [1.807, 2.05) is 0 Å². The number of nitrogens with zero attached hydrogens (tertiary/aromatic N) is 3. The maximum absolute atomic E-state index is 8.61. The van der Waals surface area contributed by atoms with Crippen molar-refractivity contribution in [1.82, 2.24) is 9.80 Å². The fourth-order valence-corrected chi connectivity index (χ4v) is 2.75. The minimum Gasteiger partial charge on any atom is -0.306 e. The van der Waals surface area contributed by atoms with Crippen LogP contribution in [-0.4, -0.2) is 49.6 Å². The predicted octanol–water partition coefficient (Wildman–Crippen LogP) is 0.538. The van der Waals surface area contributed by atoms with Crippen molar-refractivity contribution in [2.45, 2.75) is 12.8 Å². The summed E-state index contributed by atoms with van der Waals surface area (Å²) in [5, 5.41) is 8.61. The molecule has 0 N–H and O–H groups in total. The van der Waals surface area contributed by atoms with Crippen molar-refractivity contribution in [3.8, 4) is 6.07 Å². The minimum atomic E-state index is 0.533. The Morgan fingerprint density at radius 1 is 1.31 bits per heavy atom. The maximum Gasteiger partial charge on any atom is 0.0866 e. The van der Waals surface area contributed by atoms with Crippen LogP contribution in [0.5, 0.6) is 0 Å². The molecule has 1 unspecified atom stereocenters. The van der Waals surface area contributed by atoms with Crippen LogP contribution in [0.4, 0.5) is 0 Å². The van der Waals surface area contributed by atoms with E-state index in [0.29, 0.717) is 12.0 Å². The first-order valence-electron chi connectivity index (χ1n) is 5.02. The molecule has 1 spiro atoms. The largest absolute Gasteiger partial charge is 0.306 e. The third-order valence-electron chi connectivity index (χ3n) is 3.44. The second-order valence-corrected chi connectivity index (χ2v) is 4.61. The lowest BCUT2D eigenvalue weighted by Crippen LogP contribution is -2.29. The van der Waals surface area contributed by atoms with Gasteiger partial charge in [0, 0.05) is 13.1 Å². The molecule has 0 aromatic rings. The van der Waals surface area contributed by atoms with Gasteiger partial charge in [-0.2, -0.15) is 5.26 Å². The summed E-state index contributed by atoms with van der Waals surface area (Å²) in [5.41, 5.74) is 0.533. The molecular weight excluding hydrogens is 162 g/mol. The van der Waals surface area contributed by atoms with Crippen LogP contribution in [0.1, 0.15) is 12.8 Å². The molecule has 2 aliphatic heterocycles. The Morgan fingerprint density at radius 2 is 2.08 bits per heavy atom. The lowest BCUT2D eigenvalue weighted by atomic mass is 9.86. The number of rotatable bonds is 1. The monoisotopic (exact) mass is 179 g/mol. The highest BCUT2D eigenvalue weighted by atomic mass is 15.2. The third kappa shape index (κ3) is 1.70. The molecule has 2 saturated heterocycles. The molecule has 72 valence electrons. The van der Waals surface area contributed by atoms with E-state index in [2.05, 4.69) is 22.9 Å². The molecule has 0 saturated carbocycles. The fraction of sp³-hybridized carbons (Fsp3) is 0.900. The van der Waals surface area contributed by atoms with Crippen LogP contribution >= 0.6 is 0 Å². The standard InChI is InChI=1S/C10H17N3/c1-12-5-2-10(8-12)3-6-13(9-10)7-4-11/h2-3,5-9H2,1H3. The zero-order valence-electron chi connectivity index (χ0n) is 8.29. The van der Waals surface area contributed by atoms with Crippen molar-refractivity contribution in [2.75, 3.05) is 39.8 Å². The number of likely N-dealkylation sites (tertiary alicyclic amines) is 2. The van der Waals surface area contributed by atoms with Gasteiger partial charge in [-0.25, -0.2) is 0 Å². The lowest BCUT2D eigenvalue weighted by molar-refractivity contribution is 0.268. The molecule has 2 aliphatic rings. The summed E-state index contributed by atoms with van der Waals surface area (Å²) < 4.78 is 0. The SMILES string of the molecule is CN1CCC2(CCN(CC#N)C2)C1. The first-order valence-corrected chi connectivity index (χ1v) is 5.02. The summed E-state index contributed by atoms with van der Waals surface area (Å²) in [5.74, 6) is 0. The Hall–Kier alpha value is -0.590. The molecule has 0 radical (unpaired) electrons. The highest BCUT2D eigenvalue weighted by Gasteiger charge is 2.41. The van der Waals surface area contributed by atoms with E-state index in [4.69, 9.17) is 5.26 Å². The van der Waals surface area contributed by atoms with Gasteiger partial charge in [-0.1, -0.05) is 0 Å². The van der Waals surface area contributed by atoms with E-state index in [0.717, 1.165) is 13.1 Å². The second kappa shape index (κ2) is 3.28. The summed E-state index contributed by atoms with van der Waals surface area (Å²) in [6.45, 7) is 5.35. The molecule has 2 heterocycles. The van der Waals surface area contributed by atoms with Gasteiger partial charge in [-0.05, 0) is 38.4 Å². The van der Waals surface area contributed by atoms with Gasteiger partial charge in [-0.3, -0.25) is 4.90 Å². The molecule has 0 amide bonds. The predicted molar refractivity (Wildman–Crippen MR) is 51.2 cm³/mol. The summed E-state index contributed by atoms with van der Waals surface area (Å²) in [4.78, 5) is 4.70. The average molecular weight is 179 g/mol. The van der Waals surface area contributed by atoms with Crippen LogP contribution in [0.15, 0.2) is 0 Å². The van der Waals surface area contributed by atoms with Gasteiger partial charge in [0.2, 0.25) is 0 Å². The maximum atomic E-state index is 8.61. The number of hydrogen-bond acceptors (Lipinski definition) is 3. The Kier molecular flexibility index (Phi) is 2.27. The van der Waals surface area contributed by atoms with E-state index in [1.165, 1.54) is 25.9 Å². The van der Waals surface area contributed by atoms with Gasteiger partial charge >= 0.3 is 0 Å². The zero-order valence-corrected chi connectivity index (χ0v) is 8.29. The smallest absolute Gasteiger partial charge is 0.0866 e. The topological polar surface area (TPSA) is 30.3 Å². The first-order chi connectivity index (χ1) is 6.24. The van der Waals surface area contributed by atoms with Crippen molar-refractivity contribution >= 4 is 0 Å². The Balaban J connectivity index is 1.94. The van der Waals surface area contributed by atoms with Crippen LogP contribution in [-0.2, 0) is 0 Å².